The quantitative estimate of drug-likeness (QED) is 0.151. The predicted octanol–water partition coefficient (Wildman–Crippen LogP) is 3.96. The van der Waals surface area contributed by atoms with E-state index in [0.29, 0.717) is 44.9 Å². The maximum absolute atomic E-state index is 15.4. The lowest BCUT2D eigenvalue weighted by molar-refractivity contribution is -0.138. The number of nitrogens with zero attached hydrogens (tertiary/aromatic N) is 6. The first-order valence-corrected chi connectivity index (χ1v) is 19.8. The molecule has 0 spiro atoms. The molecule has 4 atom stereocenters. The maximum atomic E-state index is 15.4. The van der Waals surface area contributed by atoms with Gasteiger partial charge in [-0.1, -0.05) is 66.2 Å². The van der Waals surface area contributed by atoms with Crippen LogP contribution in [0.2, 0.25) is 0 Å². The molecular formula is C45H43N7O9. The lowest BCUT2D eigenvalue weighted by Crippen LogP contribution is -2.53. The Labute approximate surface area is 348 Å². The van der Waals surface area contributed by atoms with Gasteiger partial charge in [0.05, 0.1) is 62.0 Å². The first-order valence-electron chi connectivity index (χ1n) is 19.8. The van der Waals surface area contributed by atoms with E-state index in [4.69, 9.17) is 14.2 Å². The minimum Gasteiger partial charge on any atom is -0.504 e. The number of para-hydroxylation sites is 1. The number of ether oxygens (including phenoxy) is 3. The Morgan fingerprint density at radius 1 is 0.852 bits per heavy atom. The number of benzene rings is 4. The summed E-state index contributed by atoms with van der Waals surface area (Å²) in [5.41, 5.74) is 3.85. The number of allylic oxidation sites excluding steroid dienone is 2. The van der Waals surface area contributed by atoms with E-state index in [1.54, 1.807) is 73.8 Å². The van der Waals surface area contributed by atoms with Crippen LogP contribution in [0.3, 0.4) is 0 Å². The number of imide groups is 1. The highest BCUT2D eigenvalue weighted by Gasteiger charge is 2.69. The van der Waals surface area contributed by atoms with Gasteiger partial charge in [0.1, 0.15) is 5.69 Å². The van der Waals surface area contributed by atoms with Gasteiger partial charge in [-0.3, -0.25) is 19.8 Å². The number of nitrogens with one attached hydrogen (secondary N) is 1. The molecule has 3 aliphatic rings. The number of aromatic hydroxyl groups is 1. The third-order valence-electron chi connectivity index (χ3n) is 12.5. The molecule has 16 heteroatoms. The summed E-state index contributed by atoms with van der Waals surface area (Å²) >= 11 is 0. The molecule has 2 aliphatic heterocycles. The molecule has 1 saturated heterocycles. The minimum atomic E-state index is -1.61. The van der Waals surface area contributed by atoms with Gasteiger partial charge in [0.25, 0.3) is 17.4 Å². The van der Waals surface area contributed by atoms with Gasteiger partial charge in [0.2, 0.25) is 0 Å². The average Bonchev–Trinajstić information content (AvgIpc) is 3.65. The van der Waals surface area contributed by atoms with E-state index in [1.807, 2.05) is 31.2 Å². The molecule has 61 heavy (non-hydrogen) atoms. The van der Waals surface area contributed by atoms with Crippen molar-refractivity contribution in [3.8, 4) is 23.0 Å². The number of aromatic nitrogens is 5. The van der Waals surface area contributed by atoms with Crippen molar-refractivity contribution in [2.24, 2.45) is 13.0 Å². The van der Waals surface area contributed by atoms with E-state index in [9.17, 15) is 24.3 Å². The monoisotopic (exact) mass is 825 g/mol. The van der Waals surface area contributed by atoms with Gasteiger partial charge in [-0.15, -0.1) is 0 Å². The Bertz CT molecular complexity index is 2980. The van der Waals surface area contributed by atoms with E-state index in [2.05, 4.69) is 10.4 Å². The molecule has 4 aromatic carbocycles. The van der Waals surface area contributed by atoms with Crippen molar-refractivity contribution in [1.82, 2.24) is 28.5 Å². The Hall–Kier alpha value is -7.36. The molecule has 2 N–H and O–H groups in total. The van der Waals surface area contributed by atoms with Crippen LogP contribution in [0.25, 0.3) is 11.0 Å². The van der Waals surface area contributed by atoms with Crippen molar-refractivity contribution in [3.63, 3.8) is 0 Å². The van der Waals surface area contributed by atoms with Crippen molar-refractivity contribution in [1.29, 1.82) is 0 Å². The third kappa shape index (κ3) is 5.79. The number of phenolic OH excluding ortho intramolecular Hbond substituents is 1. The molecule has 0 bridgehead atoms. The van der Waals surface area contributed by atoms with E-state index >= 15 is 4.79 Å². The fourth-order valence-electron chi connectivity index (χ4n) is 9.62. The summed E-state index contributed by atoms with van der Waals surface area (Å²) in [6.45, 7) is 1.72. The third-order valence-corrected chi connectivity index (χ3v) is 12.5. The van der Waals surface area contributed by atoms with Gasteiger partial charge in [-0.25, -0.2) is 28.5 Å². The molecular weight excluding hydrogens is 783 g/mol. The standard InChI is InChI=1S/C45H43N7O9/c1-25-14-16-27(17-15-25)47-51-40(54)30-22-33-28(38(29-12-9-13-35(59-3)39(29)53)45(30,42(51)56)26-10-7-6-8-11-26)18-21-50-43(57)49(44(58)52(33)50)20-19-31-41(55)48(2)34-24-37(61-5)36(60-4)23-32(34)46-31/h6-18,23-24,30,33,38,47,53H,19-22H2,1-5H3. The molecule has 2 fully saturated rings. The van der Waals surface area contributed by atoms with Crippen LogP contribution < -0.4 is 36.6 Å². The fraction of sp³-hybridized carbons (Fsp3) is 0.289. The summed E-state index contributed by atoms with van der Waals surface area (Å²) < 4.78 is 21.6. The summed E-state index contributed by atoms with van der Waals surface area (Å²) in [5, 5.41) is 12.9. The van der Waals surface area contributed by atoms with Crippen LogP contribution in [-0.4, -0.2) is 66.7 Å². The van der Waals surface area contributed by atoms with E-state index in [1.165, 1.54) is 35.3 Å². The van der Waals surface area contributed by atoms with Crippen LogP contribution in [0.4, 0.5) is 5.69 Å². The molecule has 0 radical (unpaired) electrons. The van der Waals surface area contributed by atoms with Gasteiger partial charge in [0.15, 0.2) is 23.0 Å². The van der Waals surface area contributed by atoms with Crippen LogP contribution in [0.1, 0.15) is 40.8 Å². The van der Waals surface area contributed by atoms with Crippen LogP contribution in [0.15, 0.2) is 111 Å². The SMILES string of the molecule is COc1cc2nc(CCn3c(=O)n4n(c3=O)C3CC5C(=O)N(Nc6ccc(C)cc6)C(=O)C5(c5ccccc5)C(c5cccc(OC)c5O)C3=CC4)c(=O)n(C)c2cc1OC. The zero-order valence-electron chi connectivity index (χ0n) is 34.1. The normalized spacial score (nSPS) is 20.5. The zero-order chi connectivity index (χ0) is 42.9. The van der Waals surface area contributed by atoms with Crippen molar-refractivity contribution >= 4 is 28.5 Å². The van der Waals surface area contributed by atoms with Crippen LogP contribution in [-0.2, 0) is 41.6 Å². The maximum Gasteiger partial charge on any atom is 0.347 e. The number of rotatable bonds is 10. The van der Waals surface area contributed by atoms with E-state index < -0.39 is 52.0 Å². The number of hydrogen-bond acceptors (Lipinski definition) is 11. The van der Waals surface area contributed by atoms with Gasteiger partial charge in [-0.05, 0) is 42.7 Å². The Balaban J connectivity index is 1.17. The largest absolute Gasteiger partial charge is 0.504 e. The lowest BCUT2D eigenvalue weighted by Gasteiger charge is -2.49. The molecule has 1 aliphatic carbocycles. The van der Waals surface area contributed by atoms with Crippen molar-refractivity contribution in [2.75, 3.05) is 26.8 Å². The Kier molecular flexibility index (Phi) is 9.44. The number of hydrogen-bond donors (Lipinski definition) is 2. The summed E-state index contributed by atoms with van der Waals surface area (Å²) in [4.78, 5) is 77.4. The lowest BCUT2D eigenvalue weighted by atomic mass is 9.53. The van der Waals surface area contributed by atoms with Gasteiger partial charge >= 0.3 is 11.4 Å². The van der Waals surface area contributed by atoms with Gasteiger partial charge in [-0.2, -0.15) is 5.01 Å². The second-order valence-electron chi connectivity index (χ2n) is 15.5. The van der Waals surface area contributed by atoms with Crippen LogP contribution in [0, 0.1) is 12.8 Å². The predicted molar refractivity (Wildman–Crippen MR) is 224 cm³/mol. The second-order valence-corrected chi connectivity index (χ2v) is 15.5. The molecule has 9 rings (SSSR count). The number of methoxy groups -OCH3 is 3. The van der Waals surface area contributed by atoms with E-state index in [-0.39, 0.29) is 43.1 Å². The Morgan fingerprint density at radius 3 is 2.26 bits per heavy atom. The van der Waals surface area contributed by atoms with Crippen molar-refractivity contribution in [3.05, 3.63) is 150 Å². The highest BCUT2D eigenvalue weighted by Crippen LogP contribution is 2.63. The zero-order valence-corrected chi connectivity index (χ0v) is 34.1. The number of hydrazine groups is 1. The number of amides is 2. The smallest absolute Gasteiger partial charge is 0.347 e. The summed E-state index contributed by atoms with van der Waals surface area (Å²) in [6, 6.07) is 23.7. The average molecular weight is 826 g/mol. The molecule has 16 nitrogen and oxygen atoms in total. The molecule has 4 heterocycles. The Morgan fingerprint density at radius 2 is 1.56 bits per heavy atom. The molecule has 312 valence electrons. The van der Waals surface area contributed by atoms with Crippen molar-refractivity contribution < 1.29 is 28.9 Å². The summed E-state index contributed by atoms with van der Waals surface area (Å²) in [6.07, 6.45) is 1.74. The highest BCUT2D eigenvalue weighted by molar-refractivity contribution is 6.12. The molecule has 1 saturated carbocycles. The van der Waals surface area contributed by atoms with Gasteiger partial charge < -0.3 is 23.9 Å². The topological polar surface area (TPSA) is 181 Å². The van der Waals surface area contributed by atoms with Crippen LogP contribution >= 0.6 is 0 Å². The minimum absolute atomic E-state index is 0.0277. The summed E-state index contributed by atoms with van der Waals surface area (Å²) in [7, 11) is 6.02. The molecule has 4 unspecified atom stereocenters. The fourth-order valence-corrected chi connectivity index (χ4v) is 9.62. The number of fused-ring (bicyclic) bond motifs is 5. The summed E-state index contributed by atoms with van der Waals surface area (Å²) in [5.74, 6) is -2.35. The number of aryl methyl sites for hydroxylation is 3. The molecule has 6 aromatic rings. The first-order chi connectivity index (χ1) is 29.4. The number of carbonyl (C=O) groups excluding carboxylic acids is 2. The van der Waals surface area contributed by atoms with Crippen molar-refractivity contribution in [2.45, 2.75) is 50.2 Å². The number of anilines is 1. The number of carbonyl (C=O) groups is 2. The van der Waals surface area contributed by atoms with Gasteiger partial charge in [0, 0.05) is 43.6 Å². The molecule has 2 aromatic heterocycles. The highest BCUT2D eigenvalue weighted by atomic mass is 16.5. The molecule has 2 amide bonds. The number of phenols is 1. The van der Waals surface area contributed by atoms with E-state index in [0.717, 1.165) is 15.1 Å². The van der Waals surface area contributed by atoms with Crippen LogP contribution in [0.5, 0.6) is 23.0 Å². The first kappa shape index (κ1) is 39.1. The second kappa shape index (κ2) is 14.7.